The van der Waals surface area contributed by atoms with E-state index in [1.807, 2.05) is 17.5 Å². The largest absolute Gasteiger partial charge is 0.340 e. The van der Waals surface area contributed by atoms with Gasteiger partial charge in [0, 0.05) is 24.5 Å². The summed E-state index contributed by atoms with van der Waals surface area (Å²) in [5, 5.41) is 5.13. The molecule has 2 aromatic carbocycles. The van der Waals surface area contributed by atoms with Gasteiger partial charge >= 0.3 is 0 Å². The Balaban J connectivity index is 1.65. The maximum atomic E-state index is 13.1. The van der Waals surface area contributed by atoms with Crippen molar-refractivity contribution in [2.24, 2.45) is 0 Å². The quantitative estimate of drug-likeness (QED) is 0.600. The van der Waals surface area contributed by atoms with Gasteiger partial charge in [-0.15, -0.1) is 11.3 Å². The van der Waals surface area contributed by atoms with Gasteiger partial charge in [0.25, 0.3) is 5.91 Å². The second-order valence-electron chi connectivity index (χ2n) is 7.97. The molecule has 0 aliphatic heterocycles. The number of fused-ring (bicyclic) bond motifs is 1. The highest BCUT2D eigenvalue weighted by Gasteiger charge is 2.23. The number of carbonyl (C=O) groups is 1. The second-order valence-corrected chi connectivity index (χ2v) is 11.1. The van der Waals surface area contributed by atoms with E-state index in [1.54, 1.807) is 23.5 Å². The third-order valence-corrected chi connectivity index (χ3v) is 8.43. The third-order valence-electron chi connectivity index (χ3n) is 5.68. The number of nitrogens with one attached hydrogen (secondary N) is 1. The molecule has 7 heteroatoms. The molecule has 0 radical (unpaired) electrons. The predicted octanol–water partition coefficient (Wildman–Crippen LogP) is 4.40. The molecule has 4 rings (SSSR count). The van der Waals surface area contributed by atoms with Crippen LogP contribution in [0.15, 0.2) is 64.9 Å². The fraction of sp³-hybridized carbons (Fsp3) is 0.292. The van der Waals surface area contributed by atoms with Gasteiger partial charge in [-0.2, -0.15) is 0 Å². The zero-order valence-electron chi connectivity index (χ0n) is 17.7. The molecule has 1 aliphatic carbocycles. The molecule has 3 aromatic rings. The van der Waals surface area contributed by atoms with Crippen molar-refractivity contribution in [1.29, 1.82) is 0 Å². The van der Waals surface area contributed by atoms with Crippen molar-refractivity contribution in [2.45, 2.75) is 36.6 Å². The molecule has 1 unspecified atom stereocenters. The lowest BCUT2D eigenvalue weighted by Crippen LogP contribution is -2.29. The van der Waals surface area contributed by atoms with Gasteiger partial charge in [-0.3, -0.25) is 4.79 Å². The summed E-state index contributed by atoms with van der Waals surface area (Å²) in [4.78, 5) is 14.3. The maximum Gasteiger partial charge on any atom is 0.252 e. The zero-order valence-corrected chi connectivity index (χ0v) is 19.3. The van der Waals surface area contributed by atoms with E-state index in [9.17, 15) is 13.2 Å². The average Bonchev–Trinajstić information content (AvgIpc) is 3.31. The van der Waals surface area contributed by atoms with Crippen LogP contribution in [0.4, 0.5) is 0 Å². The Kier molecular flexibility index (Phi) is 6.27. The van der Waals surface area contributed by atoms with Gasteiger partial charge in [0.2, 0.25) is 10.0 Å². The molecule has 162 valence electrons. The first kappa shape index (κ1) is 21.7. The highest BCUT2D eigenvalue weighted by Crippen LogP contribution is 2.30. The first-order valence-corrected chi connectivity index (χ1v) is 12.7. The lowest BCUT2D eigenvalue weighted by molar-refractivity contribution is 0.0943. The highest BCUT2D eigenvalue weighted by molar-refractivity contribution is 7.89. The number of hydrogen-bond donors (Lipinski definition) is 1. The third kappa shape index (κ3) is 4.59. The Labute approximate surface area is 187 Å². The number of aryl methyl sites for hydroxylation is 2. The second kappa shape index (κ2) is 8.94. The summed E-state index contributed by atoms with van der Waals surface area (Å²) in [6.45, 7) is 0. The molecule has 1 heterocycles. The summed E-state index contributed by atoms with van der Waals surface area (Å²) in [7, 11) is -0.657. The molecule has 1 aromatic heterocycles. The van der Waals surface area contributed by atoms with E-state index in [0.29, 0.717) is 5.56 Å². The van der Waals surface area contributed by atoms with Crippen LogP contribution in [0.2, 0.25) is 0 Å². The normalized spacial score (nSPS) is 14.8. The number of carbonyl (C=O) groups excluding carboxylic acids is 1. The molecule has 31 heavy (non-hydrogen) atoms. The summed E-state index contributed by atoms with van der Waals surface area (Å²) in [5.74, 6) is -0.299. The minimum atomic E-state index is -3.61. The molecule has 1 N–H and O–H groups in total. The molecule has 5 nitrogen and oxygen atoms in total. The molecule has 0 bridgehead atoms. The van der Waals surface area contributed by atoms with Crippen molar-refractivity contribution in [1.82, 2.24) is 9.62 Å². The van der Waals surface area contributed by atoms with Crippen molar-refractivity contribution < 1.29 is 13.2 Å². The van der Waals surface area contributed by atoms with E-state index in [4.69, 9.17) is 0 Å². The van der Waals surface area contributed by atoms with Crippen molar-refractivity contribution in [2.75, 3.05) is 14.1 Å². The minimum absolute atomic E-state index is 0.103. The molecule has 1 aliphatic rings. The van der Waals surface area contributed by atoms with Crippen LogP contribution in [-0.2, 0) is 22.9 Å². The van der Waals surface area contributed by atoms with E-state index in [0.717, 1.165) is 27.6 Å². The number of benzene rings is 2. The van der Waals surface area contributed by atoms with Crippen molar-refractivity contribution in [3.63, 3.8) is 0 Å². The molecule has 0 saturated carbocycles. The number of rotatable bonds is 6. The van der Waals surface area contributed by atoms with Gasteiger partial charge in [-0.1, -0.05) is 30.3 Å². The summed E-state index contributed by atoms with van der Waals surface area (Å²) in [5.41, 5.74) is 4.13. The molecule has 0 saturated heterocycles. The standard InChI is InChI=1S/C24H26N2O3S2/c1-26(2)31(28,29)21-10-5-9-20(16-21)24(27)25-23(22-11-6-14-30-22)19-13-12-17-7-3-4-8-18(17)15-19/h5-6,9-16,23H,3-4,7-8H2,1-2H3,(H,25,27). The van der Waals surface area contributed by atoms with Crippen LogP contribution in [0.1, 0.15) is 50.8 Å². The summed E-state index contributed by atoms with van der Waals surface area (Å²) < 4.78 is 26.1. The van der Waals surface area contributed by atoms with Crippen LogP contribution in [-0.4, -0.2) is 32.7 Å². The van der Waals surface area contributed by atoms with Crippen LogP contribution in [0.5, 0.6) is 0 Å². The van der Waals surface area contributed by atoms with Gasteiger partial charge < -0.3 is 5.32 Å². The number of sulfonamides is 1. The first-order chi connectivity index (χ1) is 14.9. The summed E-state index contributed by atoms with van der Waals surface area (Å²) in [6, 6.07) is 16.4. The van der Waals surface area contributed by atoms with Crippen LogP contribution in [0, 0.1) is 0 Å². The number of hydrogen-bond acceptors (Lipinski definition) is 4. The van der Waals surface area contributed by atoms with Gasteiger partial charge in [-0.05, 0) is 72.0 Å². The molecule has 0 fully saturated rings. The van der Waals surface area contributed by atoms with Crippen LogP contribution >= 0.6 is 11.3 Å². The van der Waals surface area contributed by atoms with E-state index < -0.39 is 10.0 Å². The Morgan fingerprint density at radius 3 is 2.48 bits per heavy atom. The van der Waals surface area contributed by atoms with E-state index in [2.05, 4.69) is 23.5 Å². The van der Waals surface area contributed by atoms with Crippen molar-refractivity contribution in [3.8, 4) is 0 Å². The molecular formula is C24H26N2O3S2. The average molecular weight is 455 g/mol. The smallest absolute Gasteiger partial charge is 0.252 e. The molecule has 0 spiro atoms. The minimum Gasteiger partial charge on any atom is -0.340 e. The Morgan fingerprint density at radius 2 is 1.77 bits per heavy atom. The number of nitrogens with zero attached hydrogens (tertiary/aromatic N) is 1. The van der Waals surface area contributed by atoms with Gasteiger partial charge in [-0.25, -0.2) is 12.7 Å². The van der Waals surface area contributed by atoms with Gasteiger partial charge in [0.15, 0.2) is 0 Å². The summed E-state index contributed by atoms with van der Waals surface area (Å²) >= 11 is 1.59. The fourth-order valence-corrected chi connectivity index (χ4v) is 5.68. The zero-order chi connectivity index (χ0) is 22.0. The Bertz CT molecular complexity index is 1190. The lowest BCUT2D eigenvalue weighted by Gasteiger charge is -2.22. The van der Waals surface area contributed by atoms with Crippen LogP contribution in [0.25, 0.3) is 0 Å². The molecule has 1 amide bonds. The highest BCUT2D eigenvalue weighted by atomic mass is 32.2. The van der Waals surface area contributed by atoms with Gasteiger partial charge in [0.05, 0.1) is 10.9 Å². The van der Waals surface area contributed by atoms with Crippen molar-refractivity contribution in [3.05, 3.63) is 87.1 Å². The van der Waals surface area contributed by atoms with Crippen LogP contribution in [0.3, 0.4) is 0 Å². The molecule has 1 atom stereocenters. The Morgan fingerprint density at radius 1 is 1.00 bits per heavy atom. The fourth-order valence-electron chi connectivity index (χ4n) is 3.93. The topological polar surface area (TPSA) is 66.5 Å². The van der Waals surface area contributed by atoms with E-state index in [-0.39, 0.29) is 16.8 Å². The lowest BCUT2D eigenvalue weighted by atomic mass is 9.89. The SMILES string of the molecule is CN(C)S(=O)(=O)c1cccc(C(=O)NC(c2ccc3c(c2)CCCC3)c2cccs2)c1. The Hall–Kier alpha value is -2.48. The van der Waals surface area contributed by atoms with Crippen LogP contribution < -0.4 is 5.32 Å². The molecular weight excluding hydrogens is 428 g/mol. The maximum absolute atomic E-state index is 13.1. The van der Waals surface area contributed by atoms with Gasteiger partial charge in [0.1, 0.15) is 0 Å². The first-order valence-electron chi connectivity index (χ1n) is 10.3. The van der Waals surface area contributed by atoms with E-state index in [1.165, 1.54) is 50.2 Å². The number of thiophene rings is 1. The predicted molar refractivity (Wildman–Crippen MR) is 124 cm³/mol. The summed E-state index contributed by atoms with van der Waals surface area (Å²) in [6.07, 6.45) is 4.60. The van der Waals surface area contributed by atoms with E-state index >= 15 is 0 Å². The van der Waals surface area contributed by atoms with Crippen molar-refractivity contribution >= 4 is 27.3 Å². The number of amides is 1. The monoisotopic (exact) mass is 454 g/mol.